The predicted octanol–water partition coefficient (Wildman–Crippen LogP) is 3.83. The van der Waals surface area contributed by atoms with E-state index >= 15 is 0 Å². The molecule has 0 saturated carbocycles. The van der Waals surface area contributed by atoms with Crippen LogP contribution in [0.25, 0.3) is 0 Å². The first-order valence-corrected chi connectivity index (χ1v) is 10.8. The molecule has 1 saturated heterocycles. The fraction of sp³-hybridized carbons (Fsp3) is 0.458. The van der Waals surface area contributed by atoms with E-state index in [0.717, 1.165) is 42.6 Å². The Morgan fingerprint density at radius 1 is 1.10 bits per heavy atom. The maximum Gasteiger partial charge on any atom is 0.315 e. The van der Waals surface area contributed by atoms with Gasteiger partial charge >= 0.3 is 6.03 Å². The number of nitrogens with zero attached hydrogens (tertiary/aromatic N) is 1. The van der Waals surface area contributed by atoms with Crippen LogP contribution in [0, 0.1) is 5.82 Å². The molecule has 2 amide bonds. The lowest BCUT2D eigenvalue weighted by molar-refractivity contribution is 0.134. The molecule has 1 aliphatic heterocycles. The molecule has 0 spiro atoms. The van der Waals surface area contributed by atoms with Crippen molar-refractivity contribution in [1.29, 1.82) is 0 Å². The van der Waals surface area contributed by atoms with Gasteiger partial charge in [0, 0.05) is 38.8 Å². The van der Waals surface area contributed by atoms with Crippen molar-refractivity contribution >= 4 is 6.03 Å². The molecule has 168 valence electrons. The van der Waals surface area contributed by atoms with E-state index in [-0.39, 0.29) is 23.6 Å². The van der Waals surface area contributed by atoms with Gasteiger partial charge in [-0.05, 0) is 48.6 Å². The van der Waals surface area contributed by atoms with Gasteiger partial charge in [0.25, 0.3) is 0 Å². The number of nitrogens with one attached hydrogen (secondary N) is 2. The second kappa shape index (κ2) is 11.7. The zero-order chi connectivity index (χ0) is 22.1. The number of halogens is 1. The van der Waals surface area contributed by atoms with Crippen LogP contribution in [0.1, 0.15) is 36.5 Å². The van der Waals surface area contributed by atoms with Crippen molar-refractivity contribution in [3.8, 4) is 5.75 Å². The molecule has 7 heteroatoms. The zero-order valence-electron chi connectivity index (χ0n) is 18.3. The van der Waals surface area contributed by atoms with Crippen LogP contribution in [-0.2, 0) is 24.4 Å². The summed E-state index contributed by atoms with van der Waals surface area (Å²) in [6, 6.07) is 13.2. The Morgan fingerprint density at radius 2 is 1.77 bits per heavy atom. The van der Waals surface area contributed by atoms with Crippen LogP contribution >= 0.6 is 0 Å². The third kappa shape index (κ3) is 7.22. The first kappa shape index (κ1) is 23.0. The number of carbonyl (C=O) groups excluding carboxylic acids is 1. The second-order valence-electron chi connectivity index (χ2n) is 7.80. The molecular weight excluding hydrogens is 397 g/mol. The zero-order valence-corrected chi connectivity index (χ0v) is 18.3. The lowest BCUT2D eigenvalue weighted by Crippen LogP contribution is -2.47. The fourth-order valence-corrected chi connectivity index (χ4v) is 3.69. The molecule has 31 heavy (non-hydrogen) atoms. The highest BCUT2D eigenvalue weighted by Gasteiger charge is 2.21. The Bertz CT molecular complexity index is 836. The Hall–Kier alpha value is -2.64. The third-order valence-electron chi connectivity index (χ3n) is 5.49. The van der Waals surface area contributed by atoms with Crippen molar-refractivity contribution in [2.75, 3.05) is 26.8 Å². The molecule has 0 radical (unpaired) electrons. The van der Waals surface area contributed by atoms with Crippen molar-refractivity contribution in [3.63, 3.8) is 0 Å². The SMILES string of the molecule is CCOCc1ccc(CNC(=O)NC2CCN(Cc3ccc(OC)c(F)c3)CC2)cc1. The number of likely N-dealkylation sites (tertiary alicyclic amines) is 1. The number of methoxy groups -OCH3 is 1. The lowest BCUT2D eigenvalue weighted by atomic mass is 10.0. The number of urea groups is 1. The minimum Gasteiger partial charge on any atom is -0.494 e. The van der Waals surface area contributed by atoms with Crippen LogP contribution < -0.4 is 15.4 Å². The Morgan fingerprint density at radius 3 is 2.42 bits per heavy atom. The second-order valence-corrected chi connectivity index (χ2v) is 7.80. The number of ether oxygens (including phenoxy) is 2. The van der Waals surface area contributed by atoms with E-state index in [1.54, 1.807) is 6.07 Å². The van der Waals surface area contributed by atoms with E-state index in [2.05, 4.69) is 15.5 Å². The summed E-state index contributed by atoms with van der Waals surface area (Å²) in [4.78, 5) is 14.5. The van der Waals surface area contributed by atoms with Gasteiger partial charge in [0.2, 0.25) is 0 Å². The summed E-state index contributed by atoms with van der Waals surface area (Å²) in [6.07, 6.45) is 1.75. The van der Waals surface area contributed by atoms with E-state index < -0.39 is 0 Å². The number of benzene rings is 2. The highest BCUT2D eigenvalue weighted by Crippen LogP contribution is 2.20. The Kier molecular flexibility index (Phi) is 8.67. The van der Waals surface area contributed by atoms with Gasteiger partial charge in [0.15, 0.2) is 11.6 Å². The molecule has 2 aromatic carbocycles. The van der Waals surface area contributed by atoms with Gasteiger partial charge in [-0.1, -0.05) is 30.3 Å². The van der Waals surface area contributed by atoms with Crippen LogP contribution in [0.15, 0.2) is 42.5 Å². The average molecular weight is 430 g/mol. The van der Waals surface area contributed by atoms with Crippen LogP contribution in [0.5, 0.6) is 5.75 Å². The smallest absolute Gasteiger partial charge is 0.315 e. The highest BCUT2D eigenvalue weighted by molar-refractivity contribution is 5.74. The molecule has 0 aromatic heterocycles. The maximum absolute atomic E-state index is 13.9. The molecular formula is C24H32FN3O3. The summed E-state index contributed by atoms with van der Waals surface area (Å²) >= 11 is 0. The minimum atomic E-state index is -0.336. The van der Waals surface area contributed by atoms with E-state index in [1.165, 1.54) is 13.2 Å². The topological polar surface area (TPSA) is 62.8 Å². The quantitative estimate of drug-likeness (QED) is 0.636. The summed E-state index contributed by atoms with van der Waals surface area (Å²) in [5.74, 6) is -0.0729. The van der Waals surface area contributed by atoms with Gasteiger partial charge in [-0.25, -0.2) is 9.18 Å². The molecule has 6 nitrogen and oxygen atoms in total. The summed E-state index contributed by atoms with van der Waals surface area (Å²) < 4.78 is 24.2. The van der Waals surface area contributed by atoms with E-state index in [4.69, 9.17) is 9.47 Å². The van der Waals surface area contributed by atoms with Crippen LogP contribution in [0.2, 0.25) is 0 Å². The Balaban J connectivity index is 1.36. The van der Waals surface area contributed by atoms with Crippen molar-refractivity contribution in [2.24, 2.45) is 0 Å². The van der Waals surface area contributed by atoms with E-state index in [9.17, 15) is 9.18 Å². The lowest BCUT2D eigenvalue weighted by Gasteiger charge is -2.32. The van der Waals surface area contributed by atoms with Crippen molar-refractivity contribution in [1.82, 2.24) is 15.5 Å². The number of rotatable bonds is 9. The van der Waals surface area contributed by atoms with Gasteiger partial charge in [-0.3, -0.25) is 4.90 Å². The van der Waals surface area contributed by atoms with Gasteiger partial charge in [0.1, 0.15) is 0 Å². The molecule has 0 aliphatic carbocycles. The number of hydrogen-bond acceptors (Lipinski definition) is 4. The molecule has 3 rings (SSSR count). The molecule has 2 N–H and O–H groups in total. The number of piperidine rings is 1. The standard InChI is InChI=1S/C24H32FN3O3/c1-3-31-17-19-6-4-18(5-7-19)15-26-24(29)27-21-10-12-28(13-11-21)16-20-8-9-23(30-2)22(25)14-20/h4-9,14,21H,3,10-13,15-17H2,1-2H3,(H2,26,27,29). The summed E-state index contributed by atoms with van der Waals surface area (Å²) in [5, 5.41) is 5.99. The Labute approximate surface area is 183 Å². The maximum atomic E-state index is 13.9. The number of amides is 2. The summed E-state index contributed by atoms with van der Waals surface area (Å²) in [5.41, 5.74) is 3.10. The minimum absolute atomic E-state index is 0.144. The predicted molar refractivity (Wildman–Crippen MR) is 118 cm³/mol. The summed E-state index contributed by atoms with van der Waals surface area (Å²) in [7, 11) is 1.46. The summed E-state index contributed by atoms with van der Waals surface area (Å²) in [6.45, 7) is 6.18. The monoisotopic (exact) mass is 429 g/mol. The molecule has 0 unspecified atom stereocenters. The number of carbonyl (C=O) groups is 1. The molecule has 0 atom stereocenters. The van der Waals surface area contributed by atoms with Crippen LogP contribution in [0.4, 0.5) is 9.18 Å². The highest BCUT2D eigenvalue weighted by atomic mass is 19.1. The first-order chi connectivity index (χ1) is 15.1. The molecule has 1 heterocycles. The number of hydrogen-bond donors (Lipinski definition) is 2. The van der Waals surface area contributed by atoms with Gasteiger partial charge in [-0.15, -0.1) is 0 Å². The normalized spacial score (nSPS) is 14.9. The van der Waals surface area contributed by atoms with Gasteiger partial charge in [-0.2, -0.15) is 0 Å². The van der Waals surface area contributed by atoms with Gasteiger partial charge < -0.3 is 20.1 Å². The van der Waals surface area contributed by atoms with Crippen LogP contribution in [-0.4, -0.2) is 43.8 Å². The fourth-order valence-electron chi connectivity index (χ4n) is 3.69. The van der Waals surface area contributed by atoms with Gasteiger partial charge in [0.05, 0.1) is 13.7 Å². The van der Waals surface area contributed by atoms with Crippen molar-refractivity contribution in [2.45, 2.75) is 45.5 Å². The van der Waals surface area contributed by atoms with E-state index in [1.807, 2.05) is 37.3 Å². The van der Waals surface area contributed by atoms with Crippen molar-refractivity contribution in [3.05, 3.63) is 65.0 Å². The average Bonchev–Trinajstić information content (AvgIpc) is 2.78. The molecule has 2 aromatic rings. The van der Waals surface area contributed by atoms with Crippen molar-refractivity contribution < 1.29 is 18.7 Å². The largest absolute Gasteiger partial charge is 0.494 e. The van der Waals surface area contributed by atoms with Crippen LogP contribution in [0.3, 0.4) is 0 Å². The third-order valence-corrected chi connectivity index (χ3v) is 5.49. The molecule has 1 fully saturated rings. The molecule has 0 bridgehead atoms. The molecule has 1 aliphatic rings. The first-order valence-electron chi connectivity index (χ1n) is 10.8. The van der Waals surface area contributed by atoms with E-state index in [0.29, 0.717) is 26.3 Å².